The number of nitrogens with zero attached hydrogens (tertiary/aromatic N) is 1. The predicted octanol–water partition coefficient (Wildman–Crippen LogP) is 7.22. The molecular formula is C25H20F6N2O. The SMILES string of the molecule is CCc1cc(C(F)(C(C)(F)F)C(F)(F)F)cc(C)c1NC(=O)c1ccc2cc(C#N)ccc2c1. The van der Waals surface area contributed by atoms with Gasteiger partial charge in [0.1, 0.15) is 0 Å². The Kier molecular flexibility index (Phi) is 6.40. The van der Waals surface area contributed by atoms with Gasteiger partial charge in [-0.2, -0.15) is 18.4 Å². The molecule has 0 aliphatic carbocycles. The van der Waals surface area contributed by atoms with E-state index < -0.39 is 29.2 Å². The molecule has 3 nitrogen and oxygen atoms in total. The Morgan fingerprint density at radius 3 is 2.15 bits per heavy atom. The minimum Gasteiger partial charge on any atom is -0.321 e. The summed E-state index contributed by atoms with van der Waals surface area (Å²) in [5.74, 6) is -5.32. The number of alkyl halides is 6. The molecule has 1 unspecified atom stereocenters. The molecule has 0 aliphatic heterocycles. The van der Waals surface area contributed by atoms with Crippen LogP contribution >= 0.6 is 0 Å². The Balaban J connectivity index is 2.02. The van der Waals surface area contributed by atoms with Crippen LogP contribution in [0.5, 0.6) is 0 Å². The van der Waals surface area contributed by atoms with E-state index in [0.717, 1.165) is 11.5 Å². The fourth-order valence-corrected chi connectivity index (χ4v) is 3.83. The number of aryl methyl sites for hydroxylation is 2. The lowest BCUT2D eigenvalue weighted by atomic mass is 9.86. The molecule has 0 saturated carbocycles. The molecule has 0 radical (unpaired) electrons. The second-order valence-electron chi connectivity index (χ2n) is 8.07. The number of carbonyl (C=O) groups is 1. The standard InChI is InChI=1S/C25H20F6N2O/c1-4-16-12-20(24(28,23(3,26)27)25(29,30)31)9-14(2)21(16)33-22(34)19-8-7-17-10-15(13-32)5-6-18(17)11-19/h5-12H,4H2,1-3H3,(H,33,34). The van der Waals surface area contributed by atoms with Crippen LogP contribution in [0.1, 0.15) is 46.5 Å². The van der Waals surface area contributed by atoms with Crippen LogP contribution in [-0.4, -0.2) is 18.0 Å². The van der Waals surface area contributed by atoms with Gasteiger partial charge >= 0.3 is 6.18 Å². The zero-order valence-corrected chi connectivity index (χ0v) is 18.4. The number of carbonyl (C=O) groups excluding carboxylic acids is 1. The van der Waals surface area contributed by atoms with Crippen molar-refractivity contribution in [1.29, 1.82) is 5.26 Å². The molecule has 0 saturated heterocycles. The first-order chi connectivity index (χ1) is 15.7. The number of fused-ring (bicyclic) bond motifs is 1. The first-order valence-electron chi connectivity index (χ1n) is 10.3. The predicted molar refractivity (Wildman–Crippen MR) is 117 cm³/mol. The van der Waals surface area contributed by atoms with Gasteiger partial charge in [-0.1, -0.05) is 25.1 Å². The summed E-state index contributed by atoms with van der Waals surface area (Å²) in [6, 6.07) is 13.1. The zero-order chi connectivity index (χ0) is 25.5. The molecule has 0 fully saturated rings. The molecule has 9 heteroatoms. The highest BCUT2D eigenvalue weighted by Gasteiger charge is 2.70. The Bertz CT molecular complexity index is 1290. The number of nitrogens with one attached hydrogen (secondary N) is 1. The van der Waals surface area contributed by atoms with Crippen LogP contribution in [0.3, 0.4) is 0 Å². The number of rotatable bonds is 5. The van der Waals surface area contributed by atoms with E-state index in [0.29, 0.717) is 17.0 Å². The van der Waals surface area contributed by atoms with Gasteiger partial charge in [-0.3, -0.25) is 4.79 Å². The number of halogens is 6. The molecule has 0 aromatic heterocycles. The molecule has 3 rings (SSSR count). The lowest BCUT2D eigenvalue weighted by Gasteiger charge is -2.34. The van der Waals surface area contributed by atoms with E-state index in [1.165, 1.54) is 13.0 Å². The van der Waals surface area contributed by atoms with Crippen LogP contribution in [0.2, 0.25) is 0 Å². The van der Waals surface area contributed by atoms with Crippen molar-refractivity contribution in [3.05, 3.63) is 76.3 Å². The van der Waals surface area contributed by atoms with Crippen molar-refractivity contribution in [3.8, 4) is 6.07 Å². The fraction of sp³-hybridized carbons (Fsp3) is 0.280. The van der Waals surface area contributed by atoms with Crippen LogP contribution in [0, 0.1) is 18.3 Å². The Hall–Kier alpha value is -3.54. The van der Waals surface area contributed by atoms with E-state index in [9.17, 15) is 31.1 Å². The van der Waals surface area contributed by atoms with Crippen molar-refractivity contribution in [2.45, 2.75) is 45.0 Å². The number of benzene rings is 3. The molecule has 3 aromatic carbocycles. The molecule has 1 N–H and O–H groups in total. The molecule has 0 heterocycles. The third-order valence-electron chi connectivity index (χ3n) is 5.66. The minimum atomic E-state index is -5.86. The summed E-state index contributed by atoms with van der Waals surface area (Å²) < 4.78 is 82.9. The third-order valence-corrected chi connectivity index (χ3v) is 5.66. The summed E-state index contributed by atoms with van der Waals surface area (Å²) in [5.41, 5.74) is -5.21. The number of anilines is 1. The molecule has 1 atom stereocenters. The maximum absolute atomic E-state index is 14.9. The van der Waals surface area contributed by atoms with Crippen molar-refractivity contribution in [2.24, 2.45) is 0 Å². The molecule has 3 aromatic rings. The van der Waals surface area contributed by atoms with Gasteiger partial charge in [-0.25, -0.2) is 13.2 Å². The lowest BCUT2D eigenvalue weighted by Crippen LogP contribution is -2.51. The molecule has 0 aliphatic rings. The quantitative estimate of drug-likeness (QED) is 0.394. The van der Waals surface area contributed by atoms with Crippen molar-refractivity contribution < 1.29 is 31.1 Å². The summed E-state index contributed by atoms with van der Waals surface area (Å²) in [6.45, 7) is 2.75. The molecule has 34 heavy (non-hydrogen) atoms. The summed E-state index contributed by atoms with van der Waals surface area (Å²) in [7, 11) is 0. The second-order valence-corrected chi connectivity index (χ2v) is 8.07. The smallest absolute Gasteiger partial charge is 0.321 e. The average Bonchev–Trinajstić information content (AvgIpc) is 2.77. The van der Waals surface area contributed by atoms with E-state index in [2.05, 4.69) is 5.32 Å². The third kappa shape index (κ3) is 4.32. The Labute approximate surface area is 192 Å². The molecule has 0 bridgehead atoms. The van der Waals surface area contributed by atoms with Crippen LogP contribution in [-0.2, 0) is 12.1 Å². The van der Waals surface area contributed by atoms with E-state index in [-0.39, 0.29) is 35.7 Å². The van der Waals surface area contributed by atoms with Crippen molar-refractivity contribution in [1.82, 2.24) is 0 Å². The van der Waals surface area contributed by atoms with Gasteiger partial charge in [0.2, 0.25) is 0 Å². The average molecular weight is 478 g/mol. The lowest BCUT2D eigenvalue weighted by molar-refractivity contribution is -0.304. The van der Waals surface area contributed by atoms with Crippen LogP contribution in [0.4, 0.5) is 32.0 Å². The van der Waals surface area contributed by atoms with Gasteiger partial charge in [-0.05, 0) is 65.6 Å². The molecular weight excluding hydrogens is 458 g/mol. The summed E-state index contributed by atoms with van der Waals surface area (Å²) in [4.78, 5) is 12.9. The van der Waals surface area contributed by atoms with Crippen LogP contribution in [0.25, 0.3) is 10.8 Å². The van der Waals surface area contributed by atoms with Gasteiger partial charge in [0.05, 0.1) is 11.6 Å². The number of nitriles is 1. The Morgan fingerprint density at radius 2 is 1.59 bits per heavy atom. The second kappa shape index (κ2) is 8.67. The summed E-state index contributed by atoms with van der Waals surface area (Å²) in [6.07, 6.45) is -5.80. The zero-order valence-electron chi connectivity index (χ0n) is 18.4. The summed E-state index contributed by atoms with van der Waals surface area (Å²) >= 11 is 0. The fourth-order valence-electron chi connectivity index (χ4n) is 3.83. The van der Waals surface area contributed by atoms with Gasteiger partial charge in [-0.15, -0.1) is 0 Å². The highest BCUT2D eigenvalue weighted by atomic mass is 19.4. The van der Waals surface area contributed by atoms with Gasteiger partial charge < -0.3 is 5.32 Å². The summed E-state index contributed by atoms with van der Waals surface area (Å²) in [5, 5.41) is 13.0. The van der Waals surface area contributed by atoms with E-state index in [4.69, 9.17) is 5.26 Å². The first-order valence-corrected chi connectivity index (χ1v) is 10.3. The highest BCUT2D eigenvalue weighted by Crippen LogP contribution is 2.53. The first kappa shape index (κ1) is 25.1. The number of hydrogen-bond donors (Lipinski definition) is 1. The largest absolute Gasteiger partial charge is 0.432 e. The maximum Gasteiger partial charge on any atom is 0.432 e. The van der Waals surface area contributed by atoms with Gasteiger partial charge in [0, 0.05) is 23.7 Å². The Morgan fingerprint density at radius 1 is 0.971 bits per heavy atom. The molecule has 1 amide bonds. The van der Waals surface area contributed by atoms with Crippen LogP contribution < -0.4 is 5.32 Å². The van der Waals surface area contributed by atoms with Crippen molar-refractivity contribution in [2.75, 3.05) is 5.32 Å². The van der Waals surface area contributed by atoms with Gasteiger partial charge in [0.15, 0.2) is 0 Å². The topological polar surface area (TPSA) is 52.9 Å². The van der Waals surface area contributed by atoms with E-state index in [1.54, 1.807) is 37.3 Å². The van der Waals surface area contributed by atoms with Gasteiger partial charge in [0.25, 0.3) is 17.5 Å². The normalized spacial score (nSPS) is 13.9. The maximum atomic E-state index is 14.9. The van der Waals surface area contributed by atoms with Crippen LogP contribution in [0.15, 0.2) is 48.5 Å². The van der Waals surface area contributed by atoms with E-state index in [1.807, 2.05) is 6.07 Å². The highest BCUT2D eigenvalue weighted by molar-refractivity contribution is 6.07. The number of amides is 1. The molecule has 178 valence electrons. The number of hydrogen-bond acceptors (Lipinski definition) is 2. The van der Waals surface area contributed by atoms with E-state index >= 15 is 0 Å². The molecule has 0 spiro atoms. The monoisotopic (exact) mass is 478 g/mol. The van der Waals surface area contributed by atoms with Crippen molar-refractivity contribution in [3.63, 3.8) is 0 Å². The minimum absolute atomic E-state index is 0.0117. The van der Waals surface area contributed by atoms with Crippen molar-refractivity contribution >= 4 is 22.4 Å².